The zero-order valence-corrected chi connectivity index (χ0v) is 12.1. The minimum Gasteiger partial charge on any atom is -0.508 e. The van der Waals surface area contributed by atoms with Gasteiger partial charge >= 0.3 is 5.97 Å². The molecule has 0 atom stereocenters. The lowest BCUT2D eigenvalue weighted by molar-refractivity contribution is 0.0697. The van der Waals surface area contributed by atoms with Crippen LogP contribution in [0.3, 0.4) is 0 Å². The first-order valence-electron chi connectivity index (χ1n) is 6.25. The number of carbonyl (C=O) groups is 1. The second kappa shape index (κ2) is 5.96. The third kappa shape index (κ3) is 3.30. The number of carboxylic acid groups (broad SMARTS) is 1. The van der Waals surface area contributed by atoms with Gasteiger partial charge in [-0.2, -0.15) is 0 Å². The molecule has 0 unspecified atom stereocenters. The van der Waals surface area contributed by atoms with E-state index in [0.717, 1.165) is 10.4 Å². The summed E-state index contributed by atoms with van der Waals surface area (Å²) in [5.41, 5.74) is 0.790. The molecule has 2 N–H and O–H groups in total. The molecule has 0 aliphatic heterocycles. The van der Waals surface area contributed by atoms with Crippen molar-refractivity contribution < 1.29 is 19.7 Å². The Labute approximate surface area is 121 Å². The fourth-order valence-corrected chi connectivity index (χ4v) is 2.68. The highest BCUT2D eigenvalue weighted by molar-refractivity contribution is 7.14. The summed E-state index contributed by atoms with van der Waals surface area (Å²) >= 11 is 1.24. The Kier molecular flexibility index (Phi) is 4.29. The Balaban J connectivity index is 2.18. The van der Waals surface area contributed by atoms with E-state index in [-0.39, 0.29) is 23.2 Å². The lowest BCUT2D eigenvalue weighted by Crippen LogP contribution is -1.99. The van der Waals surface area contributed by atoms with E-state index in [2.05, 4.69) is 0 Å². The first kappa shape index (κ1) is 14.4. The van der Waals surface area contributed by atoms with Crippen LogP contribution in [-0.4, -0.2) is 16.2 Å². The van der Waals surface area contributed by atoms with Crippen molar-refractivity contribution in [1.29, 1.82) is 0 Å². The van der Waals surface area contributed by atoms with Crippen LogP contribution in [0.25, 0.3) is 0 Å². The van der Waals surface area contributed by atoms with Crippen molar-refractivity contribution in [2.75, 3.05) is 0 Å². The van der Waals surface area contributed by atoms with Gasteiger partial charge in [0.05, 0.1) is 0 Å². The topological polar surface area (TPSA) is 66.8 Å². The summed E-state index contributed by atoms with van der Waals surface area (Å²) in [5.74, 6) is -0.170. The van der Waals surface area contributed by atoms with E-state index < -0.39 is 5.97 Å². The summed E-state index contributed by atoms with van der Waals surface area (Å²) in [6.45, 7) is 4.25. The van der Waals surface area contributed by atoms with Gasteiger partial charge in [-0.15, -0.1) is 11.3 Å². The number of aromatic hydroxyl groups is 1. The molecule has 20 heavy (non-hydrogen) atoms. The van der Waals surface area contributed by atoms with Gasteiger partial charge in [-0.25, -0.2) is 4.79 Å². The lowest BCUT2D eigenvalue weighted by Gasteiger charge is -2.05. The van der Waals surface area contributed by atoms with E-state index in [0.29, 0.717) is 5.75 Å². The smallest absolute Gasteiger partial charge is 0.349 e. The van der Waals surface area contributed by atoms with Crippen molar-refractivity contribution in [2.24, 2.45) is 0 Å². The fraction of sp³-hybridized carbons (Fsp3) is 0.267. The first-order chi connectivity index (χ1) is 9.47. The minimum atomic E-state index is -0.979. The van der Waals surface area contributed by atoms with Crippen molar-refractivity contribution in [2.45, 2.75) is 26.4 Å². The van der Waals surface area contributed by atoms with E-state index in [1.807, 2.05) is 19.9 Å². The maximum absolute atomic E-state index is 11.2. The second-order valence-corrected chi connectivity index (χ2v) is 5.84. The minimum absolute atomic E-state index is 0.165. The molecule has 106 valence electrons. The number of rotatable bonds is 5. The summed E-state index contributed by atoms with van der Waals surface area (Å²) in [6.07, 6.45) is 0. The molecule has 1 aromatic heterocycles. The number of benzene rings is 1. The average molecular weight is 292 g/mol. The molecule has 0 spiro atoms. The third-order valence-electron chi connectivity index (χ3n) is 2.79. The van der Waals surface area contributed by atoms with Crippen molar-refractivity contribution in [3.8, 4) is 11.5 Å². The van der Waals surface area contributed by atoms with Gasteiger partial charge in [0.1, 0.15) is 18.1 Å². The van der Waals surface area contributed by atoms with Crippen LogP contribution in [0.5, 0.6) is 11.5 Å². The second-order valence-electron chi connectivity index (χ2n) is 4.76. The number of phenolic OH excluding ortho intramolecular Hbond substituents is 1. The first-order valence-corrected chi connectivity index (χ1v) is 7.06. The summed E-state index contributed by atoms with van der Waals surface area (Å²) in [7, 11) is 0. The average Bonchev–Trinajstić information content (AvgIpc) is 2.81. The predicted molar refractivity (Wildman–Crippen MR) is 77.8 cm³/mol. The molecule has 4 nitrogen and oxygen atoms in total. The zero-order valence-electron chi connectivity index (χ0n) is 11.3. The summed E-state index contributed by atoms with van der Waals surface area (Å²) in [6, 6.07) is 8.49. The molecule has 0 fully saturated rings. The molecule has 0 aliphatic carbocycles. The molecule has 0 amide bonds. The molecular weight excluding hydrogens is 276 g/mol. The SMILES string of the molecule is CC(C)c1cc(OCc2cccc(O)c2)c(C(=O)O)s1. The summed E-state index contributed by atoms with van der Waals surface area (Å²) < 4.78 is 5.59. The van der Waals surface area contributed by atoms with Crippen LogP contribution in [0.2, 0.25) is 0 Å². The van der Waals surface area contributed by atoms with Crippen LogP contribution in [0, 0.1) is 0 Å². The van der Waals surface area contributed by atoms with Crippen molar-refractivity contribution in [3.63, 3.8) is 0 Å². The molecule has 2 rings (SSSR count). The number of ether oxygens (including phenoxy) is 1. The highest BCUT2D eigenvalue weighted by atomic mass is 32.1. The highest BCUT2D eigenvalue weighted by Gasteiger charge is 2.18. The normalized spacial score (nSPS) is 10.8. The van der Waals surface area contributed by atoms with Crippen LogP contribution in [0.4, 0.5) is 0 Å². The van der Waals surface area contributed by atoms with Crippen molar-refractivity contribution >= 4 is 17.3 Å². The van der Waals surface area contributed by atoms with Crippen LogP contribution in [0.1, 0.15) is 39.9 Å². The maximum atomic E-state index is 11.2. The van der Waals surface area contributed by atoms with E-state index in [1.165, 1.54) is 11.3 Å². The number of carboxylic acids is 1. The molecule has 0 saturated carbocycles. The van der Waals surface area contributed by atoms with Crippen molar-refractivity contribution in [1.82, 2.24) is 0 Å². The quantitative estimate of drug-likeness (QED) is 0.878. The lowest BCUT2D eigenvalue weighted by atomic mass is 10.2. The number of aromatic carboxylic acids is 1. The molecule has 0 saturated heterocycles. The number of hydrogen-bond acceptors (Lipinski definition) is 4. The molecule has 0 bridgehead atoms. The van der Waals surface area contributed by atoms with Crippen LogP contribution < -0.4 is 4.74 Å². The standard InChI is InChI=1S/C15H16O4S/c1-9(2)13-7-12(14(20-13)15(17)18)19-8-10-4-3-5-11(16)6-10/h3-7,9,16H,8H2,1-2H3,(H,17,18). The van der Waals surface area contributed by atoms with Gasteiger partial charge < -0.3 is 14.9 Å². The van der Waals surface area contributed by atoms with E-state index in [9.17, 15) is 15.0 Å². The highest BCUT2D eigenvalue weighted by Crippen LogP contribution is 2.34. The zero-order chi connectivity index (χ0) is 14.7. The molecule has 0 radical (unpaired) electrons. The Hall–Kier alpha value is -2.01. The van der Waals surface area contributed by atoms with Crippen LogP contribution >= 0.6 is 11.3 Å². The number of hydrogen-bond donors (Lipinski definition) is 2. The van der Waals surface area contributed by atoms with Gasteiger partial charge in [-0.3, -0.25) is 0 Å². The molecule has 1 aromatic carbocycles. The Morgan fingerprint density at radius 2 is 2.10 bits per heavy atom. The van der Waals surface area contributed by atoms with Crippen LogP contribution in [0.15, 0.2) is 30.3 Å². The molecule has 0 aliphatic rings. The van der Waals surface area contributed by atoms with E-state index in [4.69, 9.17) is 4.74 Å². The van der Waals surface area contributed by atoms with Gasteiger partial charge in [-0.05, 0) is 29.7 Å². The summed E-state index contributed by atoms with van der Waals surface area (Å²) in [5, 5.41) is 18.6. The number of phenols is 1. The Bertz CT molecular complexity index is 616. The van der Waals surface area contributed by atoms with Gasteiger partial charge in [0.15, 0.2) is 4.88 Å². The van der Waals surface area contributed by atoms with E-state index >= 15 is 0 Å². The number of thiophene rings is 1. The maximum Gasteiger partial charge on any atom is 0.349 e. The largest absolute Gasteiger partial charge is 0.508 e. The van der Waals surface area contributed by atoms with Crippen LogP contribution in [-0.2, 0) is 6.61 Å². The van der Waals surface area contributed by atoms with Crippen molar-refractivity contribution in [3.05, 3.63) is 45.6 Å². The van der Waals surface area contributed by atoms with Gasteiger partial charge in [-0.1, -0.05) is 26.0 Å². The fourth-order valence-electron chi connectivity index (χ4n) is 1.74. The molecular formula is C15H16O4S. The van der Waals surface area contributed by atoms with E-state index in [1.54, 1.807) is 24.3 Å². The third-order valence-corrected chi connectivity index (χ3v) is 4.19. The predicted octanol–water partition coefficient (Wildman–Crippen LogP) is 3.85. The monoisotopic (exact) mass is 292 g/mol. The van der Waals surface area contributed by atoms with Gasteiger partial charge in [0.25, 0.3) is 0 Å². The van der Waals surface area contributed by atoms with Gasteiger partial charge in [0, 0.05) is 4.88 Å². The van der Waals surface area contributed by atoms with Gasteiger partial charge in [0.2, 0.25) is 0 Å². The summed E-state index contributed by atoms with van der Waals surface area (Å²) in [4.78, 5) is 12.4. The Morgan fingerprint density at radius 3 is 2.70 bits per heavy atom. The molecule has 5 heteroatoms. The molecule has 1 heterocycles. The molecule has 2 aromatic rings. The Morgan fingerprint density at radius 1 is 1.35 bits per heavy atom.